The highest BCUT2D eigenvalue weighted by Crippen LogP contribution is 2.18. The zero-order valence-corrected chi connectivity index (χ0v) is 14.8. The van der Waals surface area contributed by atoms with Crippen molar-refractivity contribution in [3.63, 3.8) is 0 Å². The van der Waals surface area contributed by atoms with Gasteiger partial charge >= 0.3 is 0 Å². The molecular formula is C19H25FN4O. The molecule has 1 aromatic carbocycles. The quantitative estimate of drug-likeness (QED) is 0.872. The van der Waals surface area contributed by atoms with Crippen molar-refractivity contribution in [1.82, 2.24) is 14.9 Å². The van der Waals surface area contributed by atoms with E-state index in [9.17, 15) is 4.39 Å². The summed E-state index contributed by atoms with van der Waals surface area (Å²) in [6.45, 7) is 5.30. The van der Waals surface area contributed by atoms with Gasteiger partial charge in [0.1, 0.15) is 18.2 Å². The van der Waals surface area contributed by atoms with Gasteiger partial charge < -0.3 is 10.1 Å². The van der Waals surface area contributed by atoms with Gasteiger partial charge in [-0.25, -0.2) is 14.4 Å². The summed E-state index contributed by atoms with van der Waals surface area (Å²) in [5.74, 6) is 1.40. The van der Waals surface area contributed by atoms with Crippen molar-refractivity contribution in [2.75, 3.05) is 25.5 Å². The molecule has 5 nitrogen and oxygen atoms in total. The summed E-state index contributed by atoms with van der Waals surface area (Å²) in [6, 6.07) is 9.16. The molecular weight excluding hydrogens is 319 g/mol. The van der Waals surface area contributed by atoms with E-state index in [1.54, 1.807) is 7.11 Å². The first-order valence-corrected chi connectivity index (χ1v) is 8.69. The molecule has 134 valence electrons. The molecule has 0 spiro atoms. The number of likely N-dealkylation sites (tertiary alicyclic amines) is 1. The summed E-state index contributed by atoms with van der Waals surface area (Å²) in [7, 11) is 1.65. The van der Waals surface area contributed by atoms with Crippen molar-refractivity contribution in [3.05, 3.63) is 53.2 Å². The molecule has 0 amide bonds. The minimum absolute atomic E-state index is 0.181. The maximum Gasteiger partial charge on any atom is 0.156 e. The molecule has 0 radical (unpaired) electrons. The van der Waals surface area contributed by atoms with Gasteiger partial charge in [-0.1, -0.05) is 12.1 Å². The van der Waals surface area contributed by atoms with Crippen LogP contribution in [0.5, 0.6) is 0 Å². The van der Waals surface area contributed by atoms with Crippen LogP contribution < -0.4 is 5.32 Å². The topological polar surface area (TPSA) is 50.3 Å². The van der Waals surface area contributed by atoms with Gasteiger partial charge in [0.25, 0.3) is 0 Å². The predicted octanol–water partition coefficient (Wildman–Crippen LogP) is 3.15. The maximum absolute atomic E-state index is 13.0. The van der Waals surface area contributed by atoms with Gasteiger partial charge in [0.05, 0.1) is 0 Å². The SMILES string of the molecule is COCc1nc(C)cc(NC2CCN(Cc3ccc(F)cc3)CC2)n1. The standard InChI is InChI=1S/C19H25FN4O/c1-14-11-18(23-19(21-14)13-25-2)22-17-7-9-24(10-8-17)12-15-3-5-16(20)6-4-15/h3-6,11,17H,7-10,12-13H2,1-2H3,(H,21,22,23). The smallest absolute Gasteiger partial charge is 0.156 e. The zero-order valence-electron chi connectivity index (χ0n) is 14.8. The predicted molar refractivity (Wildman–Crippen MR) is 95.8 cm³/mol. The van der Waals surface area contributed by atoms with Crippen molar-refractivity contribution >= 4 is 5.82 Å². The Hall–Kier alpha value is -2.05. The number of halogens is 1. The number of anilines is 1. The van der Waals surface area contributed by atoms with E-state index in [0.29, 0.717) is 18.5 Å². The van der Waals surface area contributed by atoms with Crippen LogP contribution in [-0.4, -0.2) is 41.1 Å². The van der Waals surface area contributed by atoms with Crippen LogP contribution in [0.15, 0.2) is 30.3 Å². The molecule has 1 fully saturated rings. The Labute approximate surface area is 148 Å². The zero-order chi connectivity index (χ0) is 17.6. The first-order chi connectivity index (χ1) is 12.1. The highest BCUT2D eigenvalue weighted by molar-refractivity contribution is 5.37. The number of methoxy groups -OCH3 is 1. The molecule has 1 N–H and O–H groups in total. The van der Waals surface area contributed by atoms with Crippen molar-refractivity contribution in [2.24, 2.45) is 0 Å². The van der Waals surface area contributed by atoms with Gasteiger partial charge in [0, 0.05) is 44.5 Å². The summed E-state index contributed by atoms with van der Waals surface area (Å²) < 4.78 is 18.1. The van der Waals surface area contributed by atoms with E-state index in [1.165, 1.54) is 12.1 Å². The number of nitrogens with zero attached hydrogens (tertiary/aromatic N) is 3. The van der Waals surface area contributed by atoms with Crippen molar-refractivity contribution in [3.8, 4) is 0 Å². The number of benzene rings is 1. The molecule has 1 saturated heterocycles. The van der Waals surface area contributed by atoms with Crippen LogP contribution in [-0.2, 0) is 17.9 Å². The molecule has 2 heterocycles. The van der Waals surface area contributed by atoms with Crippen molar-refractivity contribution < 1.29 is 9.13 Å². The lowest BCUT2D eigenvalue weighted by molar-refractivity contribution is 0.177. The highest BCUT2D eigenvalue weighted by atomic mass is 19.1. The monoisotopic (exact) mass is 344 g/mol. The summed E-state index contributed by atoms with van der Waals surface area (Å²) >= 11 is 0. The third kappa shape index (κ3) is 5.21. The summed E-state index contributed by atoms with van der Waals surface area (Å²) in [5, 5.41) is 3.53. The van der Waals surface area contributed by atoms with Crippen LogP contribution in [0.4, 0.5) is 10.2 Å². The Balaban J connectivity index is 1.51. The van der Waals surface area contributed by atoms with Crippen LogP contribution in [0.2, 0.25) is 0 Å². The molecule has 0 saturated carbocycles. The highest BCUT2D eigenvalue weighted by Gasteiger charge is 2.19. The number of rotatable bonds is 6. The number of hydrogen-bond donors (Lipinski definition) is 1. The Bertz CT molecular complexity index is 684. The lowest BCUT2D eigenvalue weighted by Crippen LogP contribution is -2.38. The maximum atomic E-state index is 13.0. The fourth-order valence-electron chi connectivity index (χ4n) is 3.19. The second-order valence-corrected chi connectivity index (χ2v) is 6.57. The number of aryl methyl sites for hydroxylation is 1. The number of piperidine rings is 1. The van der Waals surface area contributed by atoms with E-state index in [0.717, 1.165) is 49.6 Å². The van der Waals surface area contributed by atoms with Gasteiger partial charge in [-0.3, -0.25) is 4.90 Å². The first kappa shape index (κ1) is 17.8. The van der Waals surface area contributed by atoms with E-state index >= 15 is 0 Å². The van der Waals surface area contributed by atoms with Crippen LogP contribution in [0.1, 0.15) is 29.9 Å². The van der Waals surface area contributed by atoms with Crippen molar-refractivity contribution in [2.45, 2.75) is 39.0 Å². The van der Waals surface area contributed by atoms with Gasteiger partial charge in [-0.2, -0.15) is 0 Å². The van der Waals surface area contributed by atoms with Crippen LogP contribution >= 0.6 is 0 Å². The fourth-order valence-corrected chi connectivity index (χ4v) is 3.19. The normalized spacial score (nSPS) is 16.1. The second kappa shape index (κ2) is 8.36. The van der Waals surface area contributed by atoms with Crippen molar-refractivity contribution in [1.29, 1.82) is 0 Å². The van der Waals surface area contributed by atoms with Gasteiger partial charge in [-0.05, 0) is 37.5 Å². The minimum atomic E-state index is -0.181. The average molecular weight is 344 g/mol. The lowest BCUT2D eigenvalue weighted by Gasteiger charge is -2.32. The van der Waals surface area contributed by atoms with E-state index in [1.807, 2.05) is 25.1 Å². The molecule has 0 bridgehead atoms. The summed E-state index contributed by atoms with van der Waals surface area (Å²) in [4.78, 5) is 11.3. The van der Waals surface area contributed by atoms with Gasteiger partial charge in [-0.15, -0.1) is 0 Å². The van der Waals surface area contributed by atoms with E-state index in [2.05, 4.69) is 20.2 Å². The number of nitrogens with one attached hydrogen (secondary N) is 1. The first-order valence-electron chi connectivity index (χ1n) is 8.69. The average Bonchev–Trinajstić information content (AvgIpc) is 2.58. The number of hydrogen-bond acceptors (Lipinski definition) is 5. The molecule has 2 aromatic rings. The molecule has 0 aliphatic carbocycles. The summed E-state index contributed by atoms with van der Waals surface area (Å²) in [6.07, 6.45) is 2.12. The van der Waals surface area contributed by atoms with Crippen LogP contribution in [0.3, 0.4) is 0 Å². The van der Waals surface area contributed by atoms with E-state index in [-0.39, 0.29) is 5.82 Å². The van der Waals surface area contributed by atoms with Gasteiger partial charge in [0.2, 0.25) is 0 Å². The van der Waals surface area contributed by atoms with Gasteiger partial charge in [0.15, 0.2) is 5.82 Å². The number of ether oxygens (including phenoxy) is 1. The fraction of sp³-hybridized carbons (Fsp3) is 0.474. The van der Waals surface area contributed by atoms with E-state index in [4.69, 9.17) is 4.74 Å². The third-order valence-electron chi connectivity index (χ3n) is 4.43. The molecule has 1 aliphatic heterocycles. The molecule has 1 aromatic heterocycles. The Morgan fingerprint density at radius 2 is 1.92 bits per heavy atom. The molecule has 6 heteroatoms. The Morgan fingerprint density at radius 1 is 1.20 bits per heavy atom. The second-order valence-electron chi connectivity index (χ2n) is 6.57. The lowest BCUT2D eigenvalue weighted by atomic mass is 10.0. The minimum Gasteiger partial charge on any atom is -0.377 e. The molecule has 0 unspecified atom stereocenters. The molecule has 1 aliphatic rings. The Morgan fingerprint density at radius 3 is 2.60 bits per heavy atom. The summed E-state index contributed by atoms with van der Waals surface area (Å²) in [5.41, 5.74) is 2.10. The third-order valence-corrected chi connectivity index (χ3v) is 4.43. The van der Waals surface area contributed by atoms with E-state index < -0.39 is 0 Å². The molecule has 3 rings (SSSR count). The van der Waals surface area contributed by atoms with Crippen LogP contribution in [0, 0.1) is 12.7 Å². The molecule has 0 atom stereocenters. The Kier molecular flexibility index (Phi) is 5.94. The molecule has 25 heavy (non-hydrogen) atoms. The van der Waals surface area contributed by atoms with Crippen LogP contribution in [0.25, 0.3) is 0 Å². The largest absolute Gasteiger partial charge is 0.377 e. The number of aromatic nitrogens is 2.